The van der Waals surface area contributed by atoms with Crippen LogP contribution in [0.3, 0.4) is 0 Å². The Morgan fingerprint density at radius 1 is 1.29 bits per heavy atom. The zero-order chi connectivity index (χ0) is 5.86. The summed E-state index contributed by atoms with van der Waals surface area (Å²) in [6.45, 7) is 0. The van der Waals surface area contributed by atoms with Crippen LogP contribution in [0.5, 0.6) is 0 Å². The fraction of sp³-hybridized carbons (Fsp3) is 1.00. The number of hydrogen-bond donors (Lipinski definition) is 1. The zero-order valence-electron chi connectivity index (χ0n) is 3.79. The van der Waals surface area contributed by atoms with Gasteiger partial charge in [-0.25, -0.2) is 13.2 Å². The summed E-state index contributed by atoms with van der Waals surface area (Å²) in [6.07, 6.45) is -5.00. The third-order valence-electron chi connectivity index (χ3n) is 0.497. The van der Waals surface area contributed by atoms with E-state index in [1.807, 2.05) is 4.98 Å². The van der Waals surface area contributed by atoms with Crippen molar-refractivity contribution in [2.24, 2.45) is 0 Å². The van der Waals surface area contributed by atoms with E-state index >= 15 is 0 Å². The van der Waals surface area contributed by atoms with Gasteiger partial charge in [0.15, 0.2) is 0 Å². The number of nitrogens with one attached hydrogen (secondary N) is 1. The summed E-state index contributed by atoms with van der Waals surface area (Å²) in [4.78, 5) is 1.89. The van der Waals surface area contributed by atoms with E-state index in [9.17, 15) is 13.2 Å². The van der Waals surface area contributed by atoms with E-state index in [0.29, 0.717) is 0 Å². The van der Waals surface area contributed by atoms with E-state index in [1.54, 1.807) is 0 Å². The van der Waals surface area contributed by atoms with Crippen molar-refractivity contribution < 1.29 is 13.2 Å². The van der Waals surface area contributed by atoms with Gasteiger partial charge in [0, 0.05) is 0 Å². The second kappa shape index (κ2) is 3.03. The molecule has 0 saturated heterocycles. The highest BCUT2D eigenvalue weighted by Crippen LogP contribution is 1.98. The van der Waals surface area contributed by atoms with E-state index in [2.05, 4.69) is 0 Å². The van der Waals surface area contributed by atoms with Crippen LogP contribution in [0.1, 0.15) is 0 Å². The first-order valence-corrected chi connectivity index (χ1v) is 2.78. The molecule has 1 nitrogen and oxygen atoms in total. The summed E-state index contributed by atoms with van der Waals surface area (Å²) >= 11 is 0. The largest absolute Gasteiger partial charge is 0.313 e. The molecule has 0 saturated carbocycles. The van der Waals surface area contributed by atoms with Gasteiger partial charge in [-0.3, -0.25) is 0 Å². The monoisotopic (exact) mass is 129 g/mol. The minimum atomic E-state index is -2.88. The van der Waals surface area contributed by atoms with E-state index in [-0.39, 0.29) is 10.4 Å². The molecule has 1 atom stereocenters. The van der Waals surface area contributed by atoms with Gasteiger partial charge < -0.3 is 4.98 Å². The van der Waals surface area contributed by atoms with Crippen molar-refractivity contribution in [2.75, 3.05) is 0 Å². The molecule has 0 aliphatic carbocycles. The Kier molecular flexibility index (Phi) is 3.02. The summed E-state index contributed by atoms with van der Waals surface area (Å²) in [5.41, 5.74) is 0. The molecule has 0 aromatic heterocycles. The average Bonchev–Trinajstić information content (AvgIpc) is 1.65. The molecule has 0 fully saturated rings. The first-order chi connectivity index (χ1) is 3.18. The van der Waals surface area contributed by atoms with Crippen LogP contribution in [0.25, 0.3) is 0 Å². The quantitative estimate of drug-likeness (QED) is 0.388. The molecule has 44 valence electrons. The first-order valence-electron chi connectivity index (χ1n) is 1.78. The molecule has 0 aromatic rings. The van der Waals surface area contributed by atoms with Gasteiger partial charge in [-0.1, -0.05) is 0 Å². The van der Waals surface area contributed by atoms with Crippen molar-refractivity contribution in [1.29, 1.82) is 0 Å². The second-order valence-corrected chi connectivity index (χ2v) is 1.60. The molecule has 0 bridgehead atoms. The molecule has 0 radical (unpaired) electrons. The molecule has 7 heavy (non-hydrogen) atoms. The molecule has 0 amide bonds. The highest BCUT2D eigenvalue weighted by molar-refractivity contribution is 6.04. The van der Waals surface area contributed by atoms with Crippen LogP contribution in [-0.4, -0.2) is 23.1 Å². The normalized spacial score (nSPS) is 15.4. The van der Waals surface area contributed by atoms with Gasteiger partial charge >= 0.3 is 0 Å². The van der Waals surface area contributed by atoms with Crippen LogP contribution in [0, 0.1) is 0 Å². The molecule has 0 spiro atoms. The van der Waals surface area contributed by atoms with Crippen molar-refractivity contribution in [1.82, 2.24) is 4.98 Å². The predicted molar refractivity (Wildman–Crippen MR) is 24.0 cm³/mol. The van der Waals surface area contributed by atoms with Gasteiger partial charge in [-0.2, -0.15) is 0 Å². The molecule has 0 heterocycles. The Hall–Kier alpha value is -0.0331. The Labute approximate surface area is 42.4 Å². The van der Waals surface area contributed by atoms with Gasteiger partial charge in [0.05, 0.1) is 10.4 Å². The minimum absolute atomic E-state index is 0.266. The van der Waals surface area contributed by atoms with Crippen molar-refractivity contribution >= 4 is 10.4 Å². The standard InChI is InChI=1S/C2H6F3NSi/c3-1(4)2(5)6-7/h1-2,6H,7H3. The average molecular weight is 129 g/mol. The maximum Gasteiger partial charge on any atom is 0.281 e. The molecular weight excluding hydrogens is 123 g/mol. The lowest BCUT2D eigenvalue weighted by Crippen LogP contribution is -2.28. The van der Waals surface area contributed by atoms with Gasteiger partial charge in [0.2, 0.25) is 6.30 Å². The van der Waals surface area contributed by atoms with E-state index < -0.39 is 12.7 Å². The van der Waals surface area contributed by atoms with Crippen LogP contribution in [0.15, 0.2) is 0 Å². The molecule has 1 N–H and O–H groups in total. The third-order valence-corrected chi connectivity index (χ3v) is 1.05. The van der Waals surface area contributed by atoms with Crippen molar-refractivity contribution in [3.05, 3.63) is 0 Å². The van der Waals surface area contributed by atoms with Crippen molar-refractivity contribution in [2.45, 2.75) is 12.7 Å². The molecule has 0 aliphatic heterocycles. The zero-order valence-corrected chi connectivity index (χ0v) is 5.79. The lowest BCUT2D eigenvalue weighted by molar-refractivity contribution is 0.0443. The van der Waals surface area contributed by atoms with Gasteiger partial charge in [-0.15, -0.1) is 0 Å². The van der Waals surface area contributed by atoms with Crippen LogP contribution in [-0.2, 0) is 0 Å². The topological polar surface area (TPSA) is 12.0 Å². The van der Waals surface area contributed by atoms with Crippen molar-refractivity contribution in [3.8, 4) is 0 Å². The number of rotatable bonds is 2. The van der Waals surface area contributed by atoms with Crippen LogP contribution < -0.4 is 4.98 Å². The lowest BCUT2D eigenvalue weighted by atomic mass is 10.7. The van der Waals surface area contributed by atoms with Gasteiger partial charge in [-0.05, 0) is 0 Å². The molecule has 0 aliphatic rings. The van der Waals surface area contributed by atoms with E-state index in [1.165, 1.54) is 0 Å². The highest BCUT2D eigenvalue weighted by atomic mass is 28.2. The highest BCUT2D eigenvalue weighted by Gasteiger charge is 2.14. The first kappa shape index (κ1) is 6.97. The van der Waals surface area contributed by atoms with E-state index in [0.717, 1.165) is 0 Å². The number of hydrogen-bond acceptors (Lipinski definition) is 1. The van der Waals surface area contributed by atoms with Gasteiger partial charge in [0.1, 0.15) is 0 Å². The Morgan fingerprint density at radius 3 is 1.71 bits per heavy atom. The number of halogens is 3. The van der Waals surface area contributed by atoms with Crippen LogP contribution >= 0.6 is 0 Å². The molecule has 0 rings (SSSR count). The summed E-state index contributed by atoms with van der Waals surface area (Å²) in [5.74, 6) is 0. The summed E-state index contributed by atoms with van der Waals surface area (Å²) in [5, 5.41) is 0. The SMILES string of the molecule is FC(F)C(F)N[SiH3]. The Balaban J connectivity index is 3.14. The second-order valence-electron chi connectivity index (χ2n) is 1.02. The maximum atomic E-state index is 11.4. The van der Waals surface area contributed by atoms with Crippen LogP contribution in [0.4, 0.5) is 13.2 Å². The molecule has 1 unspecified atom stereocenters. The molecular formula is C2H6F3NSi. The summed E-state index contributed by atoms with van der Waals surface area (Å²) < 4.78 is 33.5. The minimum Gasteiger partial charge on any atom is -0.313 e. The molecule has 5 heteroatoms. The number of alkyl halides is 3. The van der Waals surface area contributed by atoms with E-state index in [4.69, 9.17) is 0 Å². The lowest BCUT2D eigenvalue weighted by Gasteiger charge is -2.01. The fourth-order valence-electron chi connectivity index (χ4n) is 0.126. The predicted octanol–water partition coefficient (Wildman–Crippen LogP) is -0.583. The van der Waals surface area contributed by atoms with Gasteiger partial charge in [0.25, 0.3) is 6.43 Å². The summed E-state index contributed by atoms with van der Waals surface area (Å²) in [6, 6.07) is 0. The fourth-order valence-corrected chi connectivity index (χ4v) is 0.378. The summed E-state index contributed by atoms with van der Waals surface area (Å²) in [7, 11) is 0.266. The Morgan fingerprint density at radius 2 is 1.71 bits per heavy atom. The van der Waals surface area contributed by atoms with Crippen molar-refractivity contribution in [3.63, 3.8) is 0 Å². The van der Waals surface area contributed by atoms with Crippen LogP contribution in [0.2, 0.25) is 0 Å². The Bertz CT molecular complexity index is 50.2. The third kappa shape index (κ3) is 2.64. The smallest absolute Gasteiger partial charge is 0.281 e. The maximum absolute atomic E-state index is 11.4. The molecule has 0 aromatic carbocycles.